The average Bonchev–Trinajstić information content (AvgIpc) is 2.94. The molecule has 0 aliphatic rings. The SMILES string of the molecule is CC(C)c1ccc(CNc2cccc3n[se]nc23)cc1. The van der Waals surface area contributed by atoms with Crippen molar-refractivity contribution < 1.29 is 0 Å². The maximum absolute atomic E-state index is 4.48. The van der Waals surface area contributed by atoms with Crippen LogP contribution in [0.25, 0.3) is 11.0 Å². The second kappa shape index (κ2) is 5.78. The van der Waals surface area contributed by atoms with Gasteiger partial charge in [0.05, 0.1) is 0 Å². The number of rotatable bonds is 4. The van der Waals surface area contributed by atoms with Gasteiger partial charge in [0, 0.05) is 0 Å². The van der Waals surface area contributed by atoms with Gasteiger partial charge in [-0.25, -0.2) is 0 Å². The Morgan fingerprint density at radius 2 is 1.85 bits per heavy atom. The van der Waals surface area contributed by atoms with Crippen LogP contribution in [0.15, 0.2) is 42.5 Å². The van der Waals surface area contributed by atoms with E-state index >= 15 is 0 Å². The van der Waals surface area contributed by atoms with E-state index in [0.29, 0.717) is 5.92 Å². The van der Waals surface area contributed by atoms with Crippen LogP contribution in [0.3, 0.4) is 0 Å². The zero-order valence-electron chi connectivity index (χ0n) is 11.6. The predicted octanol–water partition coefficient (Wildman–Crippen LogP) is 3.42. The van der Waals surface area contributed by atoms with Crippen molar-refractivity contribution in [1.82, 2.24) is 7.96 Å². The summed E-state index contributed by atoms with van der Waals surface area (Å²) in [6.07, 6.45) is 0. The molecule has 3 aromatic rings. The Morgan fingerprint density at radius 3 is 2.60 bits per heavy atom. The quantitative estimate of drug-likeness (QED) is 0.745. The number of benzene rings is 2. The van der Waals surface area contributed by atoms with E-state index in [9.17, 15) is 0 Å². The number of nitrogens with one attached hydrogen (secondary N) is 1. The second-order valence-electron chi connectivity index (χ2n) is 5.19. The molecule has 0 fully saturated rings. The van der Waals surface area contributed by atoms with Crippen LogP contribution in [-0.4, -0.2) is 22.9 Å². The first-order chi connectivity index (χ1) is 9.74. The molecule has 1 aromatic heterocycles. The van der Waals surface area contributed by atoms with Crippen LogP contribution < -0.4 is 5.32 Å². The van der Waals surface area contributed by atoms with Gasteiger partial charge in [0.2, 0.25) is 0 Å². The van der Waals surface area contributed by atoms with E-state index in [1.807, 2.05) is 12.1 Å². The summed E-state index contributed by atoms with van der Waals surface area (Å²) in [5.41, 5.74) is 5.79. The third-order valence-electron chi connectivity index (χ3n) is 3.42. The summed E-state index contributed by atoms with van der Waals surface area (Å²) in [4.78, 5) is 0. The minimum absolute atomic E-state index is 0.0268. The van der Waals surface area contributed by atoms with Gasteiger partial charge in [-0.2, -0.15) is 0 Å². The Labute approximate surface area is 125 Å². The van der Waals surface area contributed by atoms with Crippen LogP contribution in [0.2, 0.25) is 0 Å². The van der Waals surface area contributed by atoms with Crippen LogP contribution in [-0.2, 0) is 6.54 Å². The fourth-order valence-electron chi connectivity index (χ4n) is 2.17. The number of hydrogen-bond donors (Lipinski definition) is 1. The van der Waals surface area contributed by atoms with Crippen molar-refractivity contribution in [1.29, 1.82) is 0 Å². The Bertz CT molecular complexity index is 701. The Kier molecular flexibility index (Phi) is 3.86. The number of nitrogens with zero attached hydrogens (tertiary/aromatic N) is 2. The van der Waals surface area contributed by atoms with Crippen LogP contribution >= 0.6 is 0 Å². The first kappa shape index (κ1) is 13.3. The van der Waals surface area contributed by atoms with Crippen LogP contribution in [0.5, 0.6) is 0 Å². The summed E-state index contributed by atoms with van der Waals surface area (Å²) in [5, 5.41) is 3.47. The summed E-state index contributed by atoms with van der Waals surface area (Å²) < 4.78 is 8.88. The molecule has 1 heterocycles. The van der Waals surface area contributed by atoms with Crippen molar-refractivity contribution in [3.63, 3.8) is 0 Å². The molecular formula is C16H17N3Se. The fourth-order valence-corrected chi connectivity index (χ4v) is 3.32. The maximum atomic E-state index is 4.48. The van der Waals surface area contributed by atoms with Crippen molar-refractivity contribution in [2.24, 2.45) is 0 Å². The molecule has 0 saturated carbocycles. The first-order valence-electron chi connectivity index (χ1n) is 6.78. The first-order valence-corrected chi connectivity index (χ1v) is 8.31. The summed E-state index contributed by atoms with van der Waals surface area (Å²) in [7, 11) is 0. The van der Waals surface area contributed by atoms with Crippen molar-refractivity contribution in [2.75, 3.05) is 5.32 Å². The van der Waals surface area contributed by atoms with Gasteiger partial charge in [-0.05, 0) is 0 Å². The van der Waals surface area contributed by atoms with Gasteiger partial charge in [0.25, 0.3) is 0 Å². The van der Waals surface area contributed by atoms with Gasteiger partial charge < -0.3 is 0 Å². The second-order valence-corrected chi connectivity index (χ2v) is 6.30. The van der Waals surface area contributed by atoms with Crippen molar-refractivity contribution in [2.45, 2.75) is 26.3 Å². The third-order valence-corrected chi connectivity index (χ3v) is 4.55. The van der Waals surface area contributed by atoms with Gasteiger partial charge in [0.15, 0.2) is 0 Å². The van der Waals surface area contributed by atoms with Gasteiger partial charge in [-0.15, -0.1) is 0 Å². The van der Waals surface area contributed by atoms with E-state index in [4.69, 9.17) is 0 Å². The average molecular weight is 330 g/mol. The molecule has 0 atom stereocenters. The molecule has 0 aliphatic carbocycles. The van der Waals surface area contributed by atoms with E-state index < -0.39 is 0 Å². The normalized spacial score (nSPS) is 11.2. The van der Waals surface area contributed by atoms with Crippen molar-refractivity contribution >= 4 is 31.7 Å². The fraction of sp³-hybridized carbons (Fsp3) is 0.250. The van der Waals surface area contributed by atoms with Crippen LogP contribution in [0.1, 0.15) is 30.9 Å². The molecule has 3 rings (SSSR count). The predicted molar refractivity (Wildman–Crippen MR) is 84.3 cm³/mol. The molecule has 0 radical (unpaired) electrons. The molecule has 3 nitrogen and oxygen atoms in total. The number of aromatic nitrogens is 2. The standard InChI is InChI=1S/C16H17N3Se/c1-11(2)13-8-6-12(7-9-13)10-17-14-4-3-5-15-16(14)19-20-18-15/h3-9,11,17H,10H2,1-2H3. The summed E-state index contributed by atoms with van der Waals surface area (Å²) in [5.74, 6) is 0.581. The molecule has 102 valence electrons. The van der Waals surface area contributed by atoms with Crippen LogP contribution in [0.4, 0.5) is 5.69 Å². The zero-order valence-corrected chi connectivity index (χ0v) is 13.3. The summed E-state index contributed by atoms with van der Waals surface area (Å²) >= 11 is 0.0268. The number of fused-ring (bicyclic) bond motifs is 1. The number of hydrogen-bond acceptors (Lipinski definition) is 3. The van der Waals surface area contributed by atoms with Gasteiger partial charge >= 0.3 is 125 Å². The minimum atomic E-state index is 0.0268. The molecule has 20 heavy (non-hydrogen) atoms. The Morgan fingerprint density at radius 1 is 1.05 bits per heavy atom. The van der Waals surface area contributed by atoms with Gasteiger partial charge in [0.1, 0.15) is 0 Å². The van der Waals surface area contributed by atoms with Crippen LogP contribution in [0, 0.1) is 0 Å². The topological polar surface area (TPSA) is 37.8 Å². The van der Waals surface area contributed by atoms with Crippen molar-refractivity contribution in [3.8, 4) is 0 Å². The van der Waals surface area contributed by atoms with E-state index in [0.717, 1.165) is 23.3 Å². The molecular weight excluding hydrogens is 313 g/mol. The zero-order chi connectivity index (χ0) is 13.9. The van der Waals surface area contributed by atoms with E-state index in [1.165, 1.54) is 11.1 Å². The van der Waals surface area contributed by atoms with E-state index in [1.54, 1.807) is 0 Å². The van der Waals surface area contributed by atoms with E-state index in [2.05, 4.69) is 57.5 Å². The molecule has 0 spiro atoms. The summed E-state index contributed by atoms with van der Waals surface area (Å²) in [6, 6.07) is 14.9. The molecule has 0 unspecified atom stereocenters. The third kappa shape index (κ3) is 2.77. The molecule has 4 heteroatoms. The molecule has 2 aromatic carbocycles. The molecule has 0 aliphatic heterocycles. The molecule has 0 saturated heterocycles. The van der Waals surface area contributed by atoms with Gasteiger partial charge in [-0.1, -0.05) is 0 Å². The van der Waals surface area contributed by atoms with Gasteiger partial charge in [-0.3, -0.25) is 0 Å². The summed E-state index contributed by atoms with van der Waals surface area (Å²) in [6.45, 7) is 5.25. The van der Waals surface area contributed by atoms with Crippen molar-refractivity contribution in [3.05, 3.63) is 53.6 Å². The monoisotopic (exact) mass is 331 g/mol. The molecule has 0 amide bonds. The van der Waals surface area contributed by atoms with E-state index in [-0.39, 0.29) is 15.0 Å². The Balaban J connectivity index is 1.74. The molecule has 0 bridgehead atoms. The Hall–Kier alpha value is -1.64. The number of anilines is 1. The molecule has 1 N–H and O–H groups in total.